The van der Waals surface area contributed by atoms with Crippen molar-refractivity contribution in [2.45, 2.75) is 13.8 Å². The van der Waals surface area contributed by atoms with Gasteiger partial charge in [-0.1, -0.05) is 32.3 Å². The predicted octanol–water partition coefficient (Wildman–Crippen LogP) is 1.52. The second kappa shape index (κ2) is 6.38. The molecule has 0 aliphatic heterocycles. The van der Waals surface area contributed by atoms with Gasteiger partial charge in [0.05, 0.1) is 6.54 Å². The summed E-state index contributed by atoms with van der Waals surface area (Å²) in [6.07, 6.45) is 1.63. The maximum absolute atomic E-state index is 3.52. The van der Waals surface area contributed by atoms with Crippen LogP contribution in [0.2, 0.25) is 0 Å². The molecule has 10 heavy (non-hydrogen) atoms. The molecule has 0 N–H and O–H groups in total. The van der Waals surface area contributed by atoms with E-state index in [0.29, 0.717) is 0 Å². The lowest BCUT2D eigenvalue weighted by Gasteiger charge is -2.12. The van der Waals surface area contributed by atoms with Gasteiger partial charge in [0, 0.05) is 0 Å². The van der Waals surface area contributed by atoms with Gasteiger partial charge in [-0.25, -0.2) is 0 Å². The number of nitrogens with zero attached hydrogens (tertiary/aromatic N) is 1. The van der Waals surface area contributed by atoms with Gasteiger partial charge in [-0.2, -0.15) is 0 Å². The lowest BCUT2D eigenvalue weighted by molar-refractivity contribution is 0.342. The molecule has 0 aliphatic rings. The van der Waals surface area contributed by atoms with Gasteiger partial charge in [-0.15, -0.1) is 0 Å². The molecular weight excluding hydrogens is 122 g/mol. The van der Waals surface area contributed by atoms with Crippen LogP contribution in [0.3, 0.4) is 0 Å². The van der Waals surface area contributed by atoms with E-state index in [1.807, 2.05) is 0 Å². The van der Waals surface area contributed by atoms with E-state index in [1.165, 1.54) is 0 Å². The molecule has 0 amide bonds. The Morgan fingerprint density at radius 1 is 1.40 bits per heavy atom. The van der Waals surface area contributed by atoms with E-state index in [4.69, 9.17) is 0 Å². The minimum absolute atomic E-state index is 0.860. The Labute approximate surface area is 63.7 Å². The topological polar surface area (TPSA) is 3.24 Å². The van der Waals surface area contributed by atoms with Gasteiger partial charge in [-0.3, -0.25) is 4.90 Å². The van der Waals surface area contributed by atoms with E-state index >= 15 is 0 Å². The molecule has 0 heterocycles. The predicted molar refractivity (Wildman–Crippen MR) is 45.8 cm³/mol. The summed E-state index contributed by atoms with van der Waals surface area (Å²) in [4.78, 5) is 2.26. The first-order chi connectivity index (χ1) is 4.85. The second-order valence-electron chi connectivity index (χ2n) is 1.99. The molecule has 1 heteroatoms. The molecule has 0 aromatic heterocycles. The molecule has 0 saturated heterocycles. The van der Waals surface area contributed by atoms with Crippen LogP contribution in [-0.2, 0) is 0 Å². The third-order valence-electron chi connectivity index (χ3n) is 1.40. The molecule has 56 valence electrons. The van der Waals surface area contributed by atoms with Crippen LogP contribution in [0, 0.1) is 11.8 Å². The standard InChI is InChI=1S/C9H15N/c1-4-7-8-9-10(5-2)6-3/h4H,1,5-6,9H2,2-3H3. The first-order valence-corrected chi connectivity index (χ1v) is 3.66. The van der Waals surface area contributed by atoms with Crippen LogP contribution in [0.25, 0.3) is 0 Å². The summed E-state index contributed by atoms with van der Waals surface area (Å²) in [6, 6.07) is 0. The molecular formula is C9H15N. The Hall–Kier alpha value is -0.740. The normalized spacial score (nSPS) is 8.70. The lowest BCUT2D eigenvalue weighted by Crippen LogP contribution is -2.22. The average Bonchev–Trinajstić information content (AvgIpc) is 1.99. The highest BCUT2D eigenvalue weighted by Crippen LogP contribution is 1.82. The second-order valence-corrected chi connectivity index (χ2v) is 1.99. The minimum Gasteiger partial charge on any atom is -0.293 e. The van der Waals surface area contributed by atoms with Crippen molar-refractivity contribution >= 4 is 0 Å². The molecule has 0 unspecified atom stereocenters. The van der Waals surface area contributed by atoms with Gasteiger partial charge < -0.3 is 0 Å². The Morgan fingerprint density at radius 3 is 2.40 bits per heavy atom. The Morgan fingerprint density at radius 2 is 2.00 bits per heavy atom. The van der Waals surface area contributed by atoms with E-state index in [-0.39, 0.29) is 0 Å². The van der Waals surface area contributed by atoms with Crippen molar-refractivity contribution in [3.63, 3.8) is 0 Å². The smallest absolute Gasteiger partial charge is 0.0604 e. The molecule has 0 fully saturated rings. The van der Waals surface area contributed by atoms with E-state index in [9.17, 15) is 0 Å². The lowest BCUT2D eigenvalue weighted by atomic mass is 10.4. The van der Waals surface area contributed by atoms with Crippen molar-refractivity contribution < 1.29 is 0 Å². The van der Waals surface area contributed by atoms with Crippen LogP contribution in [0.1, 0.15) is 13.8 Å². The van der Waals surface area contributed by atoms with Crippen molar-refractivity contribution in [1.82, 2.24) is 4.90 Å². The average molecular weight is 137 g/mol. The molecule has 0 rings (SSSR count). The SMILES string of the molecule is C=CC#CCN(CC)CC. The summed E-state index contributed by atoms with van der Waals surface area (Å²) in [7, 11) is 0. The maximum atomic E-state index is 3.52. The summed E-state index contributed by atoms with van der Waals surface area (Å²) in [6.45, 7) is 10.8. The zero-order chi connectivity index (χ0) is 7.82. The van der Waals surface area contributed by atoms with Crippen molar-refractivity contribution in [3.05, 3.63) is 12.7 Å². The zero-order valence-electron chi connectivity index (χ0n) is 6.85. The Bertz CT molecular complexity index is 135. The quantitative estimate of drug-likeness (QED) is 0.533. The van der Waals surface area contributed by atoms with Crippen molar-refractivity contribution in [2.75, 3.05) is 19.6 Å². The van der Waals surface area contributed by atoms with Gasteiger partial charge in [0.25, 0.3) is 0 Å². The van der Waals surface area contributed by atoms with Crippen LogP contribution in [0.5, 0.6) is 0 Å². The molecule has 0 aromatic rings. The van der Waals surface area contributed by atoms with Gasteiger partial charge in [-0.05, 0) is 19.2 Å². The van der Waals surface area contributed by atoms with E-state index in [1.54, 1.807) is 6.08 Å². The highest BCUT2D eigenvalue weighted by molar-refractivity contribution is 5.13. The molecule has 0 aliphatic carbocycles. The van der Waals surface area contributed by atoms with E-state index < -0.39 is 0 Å². The number of hydrogen-bond acceptors (Lipinski definition) is 1. The van der Waals surface area contributed by atoms with Crippen LogP contribution >= 0.6 is 0 Å². The van der Waals surface area contributed by atoms with Crippen LogP contribution in [0.4, 0.5) is 0 Å². The summed E-state index contributed by atoms with van der Waals surface area (Å²) in [5.41, 5.74) is 0. The third kappa shape index (κ3) is 4.17. The van der Waals surface area contributed by atoms with Gasteiger partial charge >= 0.3 is 0 Å². The zero-order valence-corrected chi connectivity index (χ0v) is 6.85. The summed E-state index contributed by atoms with van der Waals surface area (Å²) < 4.78 is 0. The summed E-state index contributed by atoms with van der Waals surface area (Å²) in [5.74, 6) is 5.81. The molecule has 0 bridgehead atoms. The number of rotatable bonds is 3. The summed E-state index contributed by atoms with van der Waals surface area (Å²) >= 11 is 0. The number of hydrogen-bond donors (Lipinski definition) is 0. The largest absolute Gasteiger partial charge is 0.293 e. The minimum atomic E-state index is 0.860. The highest BCUT2D eigenvalue weighted by Gasteiger charge is 1.92. The molecule has 0 radical (unpaired) electrons. The molecule has 0 aromatic carbocycles. The highest BCUT2D eigenvalue weighted by atomic mass is 15.1. The number of allylic oxidation sites excluding steroid dienone is 1. The summed E-state index contributed by atoms with van der Waals surface area (Å²) in [5, 5.41) is 0. The fourth-order valence-electron chi connectivity index (χ4n) is 0.677. The van der Waals surface area contributed by atoms with Gasteiger partial charge in [0.15, 0.2) is 0 Å². The first kappa shape index (κ1) is 9.26. The van der Waals surface area contributed by atoms with Crippen LogP contribution in [0.15, 0.2) is 12.7 Å². The van der Waals surface area contributed by atoms with E-state index in [0.717, 1.165) is 19.6 Å². The van der Waals surface area contributed by atoms with E-state index in [2.05, 4.69) is 37.2 Å². The van der Waals surface area contributed by atoms with Gasteiger partial charge in [0.1, 0.15) is 0 Å². The Kier molecular flexibility index (Phi) is 5.91. The van der Waals surface area contributed by atoms with Crippen molar-refractivity contribution in [3.8, 4) is 11.8 Å². The fourth-order valence-corrected chi connectivity index (χ4v) is 0.677. The maximum Gasteiger partial charge on any atom is 0.0604 e. The van der Waals surface area contributed by atoms with Gasteiger partial charge in [0.2, 0.25) is 0 Å². The molecule has 0 saturated carbocycles. The monoisotopic (exact) mass is 137 g/mol. The molecule has 0 atom stereocenters. The first-order valence-electron chi connectivity index (χ1n) is 3.66. The van der Waals surface area contributed by atoms with Crippen molar-refractivity contribution in [2.24, 2.45) is 0 Å². The molecule has 0 spiro atoms. The van der Waals surface area contributed by atoms with Crippen LogP contribution in [-0.4, -0.2) is 24.5 Å². The third-order valence-corrected chi connectivity index (χ3v) is 1.40. The van der Waals surface area contributed by atoms with Crippen molar-refractivity contribution in [1.29, 1.82) is 0 Å². The Balaban J connectivity index is 3.52. The van der Waals surface area contributed by atoms with Crippen LogP contribution < -0.4 is 0 Å². The molecule has 1 nitrogen and oxygen atoms in total. The fraction of sp³-hybridized carbons (Fsp3) is 0.556.